The maximum atomic E-state index is 5.58. The van der Waals surface area contributed by atoms with E-state index in [1.165, 1.54) is 5.56 Å². The highest BCUT2D eigenvalue weighted by molar-refractivity contribution is 5.30. The molecule has 1 fully saturated rings. The van der Waals surface area contributed by atoms with E-state index in [9.17, 15) is 0 Å². The van der Waals surface area contributed by atoms with Crippen LogP contribution in [0.4, 0.5) is 0 Å². The molecule has 3 rings (SSSR count). The van der Waals surface area contributed by atoms with E-state index >= 15 is 0 Å². The lowest BCUT2D eigenvalue weighted by atomic mass is 9.89. The molecule has 0 spiro atoms. The zero-order valence-corrected chi connectivity index (χ0v) is 7.39. The summed E-state index contributed by atoms with van der Waals surface area (Å²) >= 11 is 0. The van der Waals surface area contributed by atoms with E-state index in [2.05, 4.69) is 42.5 Å². The number of benzene rings is 1. The summed E-state index contributed by atoms with van der Waals surface area (Å²) in [5, 5.41) is 0. The van der Waals surface area contributed by atoms with Crippen LogP contribution in [0.3, 0.4) is 0 Å². The zero-order valence-electron chi connectivity index (χ0n) is 7.39. The lowest BCUT2D eigenvalue weighted by Gasteiger charge is -2.12. The first kappa shape index (κ1) is 7.34. The van der Waals surface area contributed by atoms with Crippen LogP contribution in [0.5, 0.6) is 0 Å². The molecule has 2 aliphatic rings. The number of epoxide rings is 1. The van der Waals surface area contributed by atoms with Gasteiger partial charge in [0.05, 0.1) is 12.2 Å². The summed E-state index contributed by atoms with van der Waals surface area (Å²) in [4.78, 5) is 0. The first-order chi connectivity index (χ1) is 6.45. The Labute approximate surface area is 78.0 Å². The maximum absolute atomic E-state index is 5.58. The fraction of sp³-hybridized carbons (Fsp3) is 0.333. The van der Waals surface area contributed by atoms with Gasteiger partial charge in [-0.3, -0.25) is 0 Å². The van der Waals surface area contributed by atoms with Crippen molar-refractivity contribution in [1.29, 1.82) is 0 Å². The molecule has 3 atom stereocenters. The molecule has 13 heavy (non-hydrogen) atoms. The van der Waals surface area contributed by atoms with Crippen molar-refractivity contribution in [2.45, 2.75) is 24.5 Å². The molecule has 1 nitrogen and oxygen atoms in total. The predicted molar refractivity (Wildman–Crippen MR) is 51.6 cm³/mol. The van der Waals surface area contributed by atoms with E-state index in [-0.39, 0.29) is 0 Å². The molecule has 1 aromatic carbocycles. The molecule has 0 aromatic heterocycles. The summed E-state index contributed by atoms with van der Waals surface area (Å²) in [5.41, 5.74) is 1.38. The molecular weight excluding hydrogens is 160 g/mol. The smallest absolute Gasteiger partial charge is 0.0947 e. The summed E-state index contributed by atoms with van der Waals surface area (Å²) in [6.45, 7) is 0. The Kier molecular flexibility index (Phi) is 1.53. The fourth-order valence-corrected chi connectivity index (χ4v) is 2.11. The summed E-state index contributed by atoms with van der Waals surface area (Å²) < 4.78 is 5.58. The average molecular weight is 172 g/mol. The molecule has 0 saturated carbocycles. The molecule has 0 unspecified atom stereocenters. The lowest BCUT2D eigenvalue weighted by molar-refractivity contribution is 0.366. The van der Waals surface area contributed by atoms with Gasteiger partial charge in [0.2, 0.25) is 0 Å². The summed E-state index contributed by atoms with van der Waals surface area (Å²) in [5.74, 6) is 0.500. The van der Waals surface area contributed by atoms with Crippen LogP contribution in [0.25, 0.3) is 0 Å². The van der Waals surface area contributed by atoms with E-state index < -0.39 is 0 Å². The molecule has 1 aliphatic carbocycles. The van der Waals surface area contributed by atoms with Gasteiger partial charge in [-0.05, 0) is 12.0 Å². The van der Waals surface area contributed by atoms with Crippen LogP contribution in [0.2, 0.25) is 0 Å². The number of fused-ring (bicyclic) bond motifs is 1. The molecule has 1 saturated heterocycles. The van der Waals surface area contributed by atoms with Crippen molar-refractivity contribution >= 4 is 0 Å². The van der Waals surface area contributed by atoms with Crippen molar-refractivity contribution in [3.05, 3.63) is 48.0 Å². The largest absolute Gasteiger partial charge is 0.368 e. The Hall–Kier alpha value is -1.08. The van der Waals surface area contributed by atoms with E-state index in [0.29, 0.717) is 18.1 Å². The SMILES string of the molecule is C1=C[C@H](c2ccccc2)[C@@H]2O[C@H]2C1. The molecule has 1 heteroatoms. The summed E-state index contributed by atoms with van der Waals surface area (Å²) in [7, 11) is 0. The van der Waals surface area contributed by atoms with E-state index in [4.69, 9.17) is 4.74 Å². The van der Waals surface area contributed by atoms with Gasteiger partial charge >= 0.3 is 0 Å². The van der Waals surface area contributed by atoms with E-state index in [1.54, 1.807) is 0 Å². The van der Waals surface area contributed by atoms with Crippen molar-refractivity contribution in [3.8, 4) is 0 Å². The first-order valence-electron chi connectivity index (χ1n) is 4.82. The second kappa shape index (κ2) is 2.71. The normalized spacial score (nSPS) is 35.5. The fourth-order valence-electron chi connectivity index (χ4n) is 2.11. The Morgan fingerprint density at radius 2 is 2.00 bits per heavy atom. The van der Waals surface area contributed by atoms with Gasteiger partial charge in [-0.2, -0.15) is 0 Å². The second-order valence-electron chi connectivity index (χ2n) is 3.74. The minimum Gasteiger partial charge on any atom is -0.368 e. The van der Waals surface area contributed by atoms with E-state index in [1.807, 2.05) is 0 Å². The van der Waals surface area contributed by atoms with Crippen LogP contribution >= 0.6 is 0 Å². The third-order valence-electron chi connectivity index (χ3n) is 2.87. The van der Waals surface area contributed by atoms with Gasteiger partial charge in [-0.15, -0.1) is 0 Å². The highest BCUT2D eigenvalue weighted by Gasteiger charge is 2.45. The third kappa shape index (κ3) is 1.20. The monoisotopic (exact) mass is 172 g/mol. The molecule has 0 bridgehead atoms. The van der Waals surface area contributed by atoms with Crippen LogP contribution in [0, 0.1) is 0 Å². The molecule has 1 aliphatic heterocycles. The molecule has 1 heterocycles. The number of hydrogen-bond acceptors (Lipinski definition) is 1. The minimum atomic E-state index is 0.465. The number of ether oxygens (including phenoxy) is 1. The Balaban J connectivity index is 1.93. The molecule has 0 N–H and O–H groups in total. The van der Waals surface area contributed by atoms with E-state index in [0.717, 1.165) is 6.42 Å². The maximum Gasteiger partial charge on any atom is 0.0947 e. The molecule has 1 aromatic rings. The Morgan fingerprint density at radius 1 is 1.15 bits per heavy atom. The van der Waals surface area contributed by atoms with Crippen molar-refractivity contribution in [2.24, 2.45) is 0 Å². The molecule has 66 valence electrons. The standard InChI is InChI=1S/C12H12O/c1-2-5-9(6-3-1)10-7-4-8-11-12(10)13-11/h1-7,10-12H,8H2/t10-,11+,12+/m1/s1. The highest BCUT2D eigenvalue weighted by Crippen LogP contribution is 2.42. The summed E-state index contributed by atoms with van der Waals surface area (Å²) in [6.07, 6.45) is 6.60. The van der Waals surface area contributed by atoms with Crippen molar-refractivity contribution in [3.63, 3.8) is 0 Å². The van der Waals surface area contributed by atoms with Crippen molar-refractivity contribution in [1.82, 2.24) is 0 Å². The third-order valence-corrected chi connectivity index (χ3v) is 2.87. The predicted octanol–water partition coefficient (Wildman–Crippen LogP) is 2.50. The van der Waals surface area contributed by atoms with Gasteiger partial charge in [0.1, 0.15) is 0 Å². The summed E-state index contributed by atoms with van der Waals surface area (Å²) in [6, 6.07) is 10.6. The zero-order chi connectivity index (χ0) is 8.67. The quantitative estimate of drug-likeness (QED) is 0.468. The van der Waals surface area contributed by atoms with Crippen LogP contribution in [0.15, 0.2) is 42.5 Å². The van der Waals surface area contributed by atoms with Crippen molar-refractivity contribution < 1.29 is 4.74 Å². The van der Waals surface area contributed by atoms with Crippen LogP contribution < -0.4 is 0 Å². The number of rotatable bonds is 1. The number of hydrogen-bond donors (Lipinski definition) is 0. The molecule has 0 radical (unpaired) electrons. The van der Waals surface area contributed by atoms with Crippen LogP contribution in [0.1, 0.15) is 17.9 Å². The van der Waals surface area contributed by atoms with Gasteiger partial charge in [-0.1, -0.05) is 42.5 Å². The molecular formula is C12H12O. The Morgan fingerprint density at radius 3 is 2.85 bits per heavy atom. The van der Waals surface area contributed by atoms with Crippen LogP contribution in [-0.2, 0) is 4.74 Å². The topological polar surface area (TPSA) is 12.5 Å². The lowest BCUT2D eigenvalue weighted by Crippen LogP contribution is -2.09. The van der Waals surface area contributed by atoms with Crippen molar-refractivity contribution in [2.75, 3.05) is 0 Å². The van der Waals surface area contributed by atoms with Gasteiger partial charge < -0.3 is 4.74 Å². The minimum absolute atomic E-state index is 0.465. The molecule has 0 amide bonds. The highest BCUT2D eigenvalue weighted by atomic mass is 16.6. The second-order valence-corrected chi connectivity index (χ2v) is 3.74. The first-order valence-corrected chi connectivity index (χ1v) is 4.82. The Bertz CT molecular complexity index is 328. The van der Waals surface area contributed by atoms with Gasteiger partial charge in [0.25, 0.3) is 0 Å². The van der Waals surface area contributed by atoms with Crippen LogP contribution in [-0.4, -0.2) is 12.2 Å². The average Bonchev–Trinajstić information content (AvgIpc) is 2.97. The van der Waals surface area contributed by atoms with Gasteiger partial charge in [0.15, 0.2) is 0 Å². The van der Waals surface area contributed by atoms with Gasteiger partial charge in [-0.25, -0.2) is 0 Å². The van der Waals surface area contributed by atoms with Gasteiger partial charge in [0, 0.05) is 5.92 Å².